The van der Waals surface area contributed by atoms with E-state index >= 15 is 0 Å². The van der Waals surface area contributed by atoms with Crippen molar-refractivity contribution in [1.82, 2.24) is 10.2 Å². The molecular weight excluding hydrogens is 190 g/mol. The highest BCUT2D eigenvalue weighted by Gasteiger charge is 2.27. The van der Waals surface area contributed by atoms with Gasteiger partial charge in [-0.25, -0.2) is 0 Å². The minimum Gasteiger partial charge on any atom is -0.379 e. The van der Waals surface area contributed by atoms with Crippen LogP contribution in [0.4, 0.5) is 0 Å². The molecule has 0 aromatic carbocycles. The highest BCUT2D eigenvalue weighted by atomic mass is 16.5. The lowest BCUT2D eigenvalue weighted by atomic mass is 9.94. The molecule has 0 aromatic rings. The van der Waals surface area contributed by atoms with Crippen molar-refractivity contribution in [3.63, 3.8) is 0 Å². The Morgan fingerprint density at radius 2 is 2.13 bits per heavy atom. The van der Waals surface area contributed by atoms with Crippen LogP contribution >= 0.6 is 0 Å². The van der Waals surface area contributed by atoms with Crippen LogP contribution in [0.25, 0.3) is 0 Å². The van der Waals surface area contributed by atoms with E-state index in [1.165, 1.54) is 0 Å². The van der Waals surface area contributed by atoms with Crippen molar-refractivity contribution >= 4 is 0 Å². The third-order valence-corrected chi connectivity index (χ3v) is 3.17. The van der Waals surface area contributed by atoms with E-state index in [2.05, 4.69) is 23.2 Å². The van der Waals surface area contributed by atoms with E-state index < -0.39 is 5.54 Å². The molecule has 4 heteroatoms. The molecule has 0 spiro atoms. The maximum atomic E-state index is 9.08. The molecule has 2 unspecified atom stereocenters. The van der Waals surface area contributed by atoms with Gasteiger partial charge in [0.15, 0.2) is 0 Å². The van der Waals surface area contributed by atoms with Crippen LogP contribution in [0.1, 0.15) is 20.3 Å². The van der Waals surface area contributed by atoms with Gasteiger partial charge in [0.1, 0.15) is 5.54 Å². The zero-order valence-electron chi connectivity index (χ0n) is 9.92. The summed E-state index contributed by atoms with van der Waals surface area (Å²) in [5, 5.41) is 12.2. The van der Waals surface area contributed by atoms with Gasteiger partial charge in [-0.1, -0.05) is 0 Å². The Hall–Kier alpha value is -0.630. The second-order valence-electron chi connectivity index (χ2n) is 4.40. The molecule has 1 aliphatic heterocycles. The van der Waals surface area contributed by atoms with Crippen LogP contribution in [0.2, 0.25) is 0 Å². The van der Waals surface area contributed by atoms with Crippen molar-refractivity contribution in [2.24, 2.45) is 0 Å². The standard InChI is InChI=1S/C11H21N3O/c1-10(8-11(2,9-12)13-3)14-4-6-15-7-5-14/h10,13H,4-8H2,1-3H3. The highest BCUT2D eigenvalue weighted by molar-refractivity contribution is 5.04. The summed E-state index contributed by atoms with van der Waals surface area (Å²) in [6, 6.07) is 2.75. The first-order chi connectivity index (χ1) is 7.11. The highest BCUT2D eigenvalue weighted by Crippen LogP contribution is 2.16. The molecule has 1 fully saturated rings. The second-order valence-corrected chi connectivity index (χ2v) is 4.40. The van der Waals surface area contributed by atoms with Gasteiger partial charge in [-0.3, -0.25) is 4.90 Å². The largest absolute Gasteiger partial charge is 0.379 e. The molecule has 4 nitrogen and oxygen atoms in total. The lowest BCUT2D eigenvalue weighted by Crippen LogP contribution is -2.48. The molecule has 0 aliphatic carbocycles. The third kappa shape index (κ3) is 3.45. The fourth-order valence-corrected chi connectivity index (χ4v) is 1.94. The zero-order valence-corrected chi connectivity index (χ0v) is 9.92. The van der Waals surface area contributed by atoms with E-state index in [9.17, 15) is 0 Å². The molecule has 86 valence electrons. The maximum absolute atomic E-state index is 9.08. The maximum Gasteiger partial charge on any atom is 0.105 e. The number of nitrogens with one attached hydrogen (secondary N) is 1. The molecule has 0 saturated carbocycles. The SMILES string of the molecule is CNC(C)(C#N)CC(C)N1CCOCC1. The molecule has 0 radical (unpaired) electrons. The molecule has 0 bridgehead atoms. The molecule has 15 heavy (non-hydrogen) atoms. The van der Waals surface area contributed by atoms with Crippen molar-refractivity contribution in [3.05, 3.63) is 0 Å². The Morgan fingerprint density at radius 3 is 2.60 bits per heavy atom. The quantitative estimate of drug-likeness (QED) is 0.739. The Bertz CT molecular complexity index is 232. The van der Waals surface area contributed by atoms with E-state index in [0.29, 0.717) is 6.04 Å². The summed E-state index contributed by atoms with van der Waals surface area (Å²) in [4.78, 5) is 2.39. The van der Waals surface area contributed by atoms with Crippen LogP contribution in [-0.2, 0) is 4.74 Å². The van der Waals surface area contributed by atoms with E-state index in [-0.39, 0.29) is 0 Å². The Balaban J connectivity index is 2.46. The van der Waals surface area contributed by atoms with Crippen molar-refractivity contribution in [2.75, 3.05) is 33.4 Å². The summed E-state index contributed by atoms with van der Waals surface area (Å²) in [7, 11) is 1.84. The van der Waals surface area contributed by atoms with Gasteiger partial charge in [0.25, 0.3) is 0 Å². The summed E-state index contributed by atoms with van der Waals surface area (Å²) < 4.78 is 5.31. The molecule has 1 aliphatic rings. The number of rotatable bonds is 4. The minimum atomic E-state index is -0.419. The number of ether oxygens (including phenoxy) is 1. The second kappa shape index (κ2) is 5.45. The van der Waals surface area contributed by atoms with Crippen LogP contribution in [0.5, 0.6) is 0 Å². The van der Waals surface area contributed by atoms with Gasteiger partial charge in [-0.2, -0.15) is 5.26 Å². The summed E-state index contributed by atoms with van der Waals surface area (Å²) >= 11 is 0. The molecule has 1 N–H and O–H groups in total. The number of hydrogen-bond acceptors (Lipinski definition) is 4. The molecule has 0 aromatic heterocycles. The van der Waals surface area contributed by atoms with Gasteiger partial charge in [0, 0.05) is 19.1 Å². The summed E-state index contributed by atoms with van der Waals surface area (Å²) in [6.07, 6.45) is 0.847. The lowest BCUT2D eigenvalue weighted by molar-refractivity contribution is 0.0153. The minimum absolute atomic E-state index is 0.419. The van der Waals surface area contributed by atoms with Crippen molar-refractivity contribution in [2.45, 2.75) is 31.8 Å². The summed E-state index contributed by atoms with van der Waals surface area (Å²) in [5.41, 5.74) is -0.419. The molecule has 1 saturated heterocycles. The number of nitrogens with zero attached hydrogens (tertiary/aromatic N) is 2. The number of nitriles is 1. The normalized spacial score (nSPS) is 24.1. The van der Waals surface area contributed by atoms with Gasteiger partial charge in [-0.15, -0.1) is 0 Å². The van der Waals surface area contributed by atoms with Crippen molar-refractivity contribution in [1.29, 1.82) is 5.26 Å². The zero-order chi connectivity index (χ0) is 11.3. The Morgan fingerprint density at radius 1 is 1.53 bits per heavy atom. The van der Waals surface area contributed by atoms with Crippen molar-refractivity contribution < 1.29 is 4.74 Å². The van der Waals surface area contributed by atoms with E-state index in [1.807, 2.05) is 14.0 Å². The fourth-order valence-electron chi connectivity index (χ4n) is 1.94. The average Bonchev–Trinajstić information content (AvgIpc) is 2.30. The van der Waals surface area contributed by atoms with Crippen LogP contribution in [0.3, 0.4) is 0 Å². The number of morpholine rings is 1. The van der Waals surface area contributed by atoms with Crippen LogP contribution in [0, 0.1) is 11.3 Å². The number of hydrogen-bond donors (Lipinski definition) is 1. The molecule has 0 amide bonds. The monoisotopic (exact) mass is 211 g/mol. The predicted molar refractivity (Wildman–Crippen MR) is 59.5 cm³/mol. The van der Waals surface area contributed by atoms with E-state index in [4.69, 9.17) is 10.00 Å². The van der Waals surface area contributed by atoms with Gasteiger partial charge < -0.3 is 10.1 Å². The smallest absolute Gasteiger partial charge is 0.105 e. The average molecular weight is 211 g/mol. The first kappa shape index (κ1) is 12.4. The van der Waals surface area contributed by atoms with Gasteiger partial charge in [0.05, 0.1) is 19.3 Å². The fraction of sp³-hybridized carbons (Fsp3) is 0.909. The Kier molecular flexibility index (Phi) is 4.52. The van der Waals surface area contributed by atoms with Gasteiger partial charge in [-0.05, 0) is 27.3 Å². The molecular formula is C11H21N3O. The first-order valence-corrected chi connectivity index (χ1v) is 5.53. The van der Waals surface area contributed by atoms with Crippen LogP contribution < -0.4 is 5.32 Å². The molecule has 1 rings (SSSR count). The summed E-state index contributed by atoms with van der Waals surface area (Å²) in [5.74, 6) is 0. The Labute approximate surface area is 92.2 Å². The van der Waals surface area contributed by atoms with E-state index in [1.54, 1.807) is 0 Å². The first-order valence-electron chi connectivity index (χ1n) is 5.53. The van der Waals surface area contributed by atoms with Crippen LogP contribution in [-0.4, -0.2) is 49.8 Å². The van der Waals surface area contributed by atoms with Gasteiger partial charge in [0.2, 0.25) is 0 Å². The molecule has 1 heterocycles. The van der Waals surface area contributed by atoms with Crippen LogP contribution in [0.15, 0.2) is 0 Å². The van der Waals surface area contributed by atoms with E-state index in [0.717, 1.165) is 32.7 Å². The topological polar surface area (TPSA) is 48.3 Å². The predicted octanol–water partition coefficient (Wildman–Crippen LogP) is 0.599. The molecule has 2 atom stereocenters. The third-order valence-electron chi connectivity index (χ3n) is 3.17. The van der Waals surface area contributed by atoms with Crippen molar-refractivity contribution in [3.8, 4) is 6.07 Å². The lowest BCUT2D eigenvalue weighted by Gasteiger charge is -2.35. The summed E-state index contributed by atoms with van der Waals surface area (Å²) in [6.45, 7) is 7.71. The van der Waals surface area contributed by atoms with Gasteiger partial charge >= 0.3 is 0 Å².